The Labute approximate surface area is 478 Å². The fourth-order valence-electron chi connectivity index (χ4n) is 8.24. The van der Waals surface area contributed by atoms with Gasteiger partial charge in [0.25, 0.3) is 0 Å². The third kappa shape index (κ3) is 22.0. The number of hydrogen-bond donors (Lipinski definition) is 0. The summed E-state index contributed by atoms with van der Waals surface area (Å²) in [6, 6.07) is 21.4. The molecule has 2 aliphatic heterocycles. The Kier molecular flexibility index (Phi) is 26.2. The van der Waals surface area contributed by atoms with E-state index in [2.05, 4.69) is 13.8 Å². The molecule has 0 saturated carbocycles. The number of carbonyl (C=O) groups is 4. The van der Waals surface area contributed by atoms with E-state index in [1.54, 1.807) is 24.3 Å². The molecule has 2 unspecified atom stereocenters. The molecule has 2 aliphatic rings. The summed E-state index contributed by atoms with van der Waals surface area (Å²) < 4.78 is 99.4. The Hall–Kier alpha value is -7.12. The molecule has 2 atom stereocenters. The van der Waals surface area contributed by atoms with Gasteiger partial charge in [0.1, 0.15) is 46.8 Å². The molecule has 0 aromatic heterocycles. The third-order valence-corrected chi connectivity index (χ3v) is 13.2. The van der Waals surface area contributed by atoms with E-state index in [1.807, 2.05) is 0 Å². The van der Waals surface area contributed by atoms with E-state index < -0.39 is 69.6 Å². The van der Waals surface area contributed by atoms with Crippen LogP contribution in [0.15, 0.2) is 97.1 Å². The van der Waals surface area contributed by atoms with Crippen LogP contribution in [-0.2, 0) is 18.9 Å². The van der Waals surface area contributed by atoms with Crippen LogP contribution in [0, 0.1) is 11.6 Å². The lowest BCUT2D eigenvalue weighted by Crippen LogP contribution is -2.17. The Morgan fingerprint density at radius 1 is 0.390 bits per heavy atom. The summed E-state index contributed by atoms with van der Waals surface area (Å²) in [5, 5.41) is 0. The van der Waals surface area contributed by atoms with Crippen molar-refractivity contribution in [1.29, 1.82) is 0 Å². The molecule has 0 spiro atoms. The zero-order chi connectivity index (χ0) is 57.7. The molecule has 0 bridgehead atoms. The normalized spacial score (nSPS) is 14.1. The van der Waals surface area contributed by atoms with Crippen LogP contribution in [0.1, 0.15) is 158 Å². The molecule has 82 heavy (non-hydrogen) atoms. The summed E-state index contributed by atoms with van der Waals surface area (Å²) in [6.45, 7) is 9.51. The smallest absolute Gasteiger partial charge is 0.346 e. The highest BCUT2D eigenvalue weighted by Crippen LogP contribution is 2.42. The van der Waals surface area contributed by atoms with Gasteiger partial charge in [-0.25, -0.2) is 28.0 Å². The summed E-state index contributed by atoms with van der Waals surface area (Å²) in [5.41, 5.74) is -0.968. The molecule has 2 fully saturated rings. The molecule has 0 N–H and O–H groups in total. The van der Waals surface area contributed by atoms with Crippen molar-refractivity contribution in [2.45, 2.75) is 129 Å². The monoisotopic (exact) mass is 1140 g/mol. The standard InChI is InChI=1S/C64H76F2O16/c1-3-5-7-9-11-13-33-75-49-27-29-53(55(65)37-49)63(69)81-59-39-58(80-62(68)46-21-25-48(26-22-46)74-36-18-16-32-72-42-52-44-78-52)60(82-64(70)54-30-28-50(38-56(54)66)76-34-14-12-10-8-6-4-2)40-57(59)79-61(67)45-19-23-47(24-20-45)73-35-17-15-31-71-41-51-43-77-51/h19-30,37-40,51-52H,3-18,31-36,41-44H2,1-2H3. The molecular formula is C64H76F2O16. The van der Waals surface area contributed by atoms with Crippen LogP contribution in [0.2, 0.25) is 0 Å². The first-order valence-corrected chi connectivity index (χ1v) is 28.8. The van der Waals surface area contributed by atoms with Crippen molar-refractivity contribution in [3.8, 4) is 46.0 Å². The molecule has 5 aromatic carbocycles. The lowest BCUT2D eigenvalue weighted by Gasteiger charge is -2.17. The van der Waals surface area contributed by atoms with Gasteiger partial charge in [-0.05, 0) is 111 Å². The van der Waals surface area contributed by atoms with Crippen molar-refractivity contribution >= 4 is 23.9 Å². The minimum atomic E-state index is -1.24. The predicted molar refractivity (Wildman–Crippen MR) is 300 cm³/mol. The molecule has 0 aliphatic carbocycles. The van der Waals surface area contributed by atoms with E-state index in [4.69, 9.17) is 56.8 Å². The SMILES string of the molecule is CCCCCCCCOc1ccc(C(=O)Oc2cc(OC(=O)c3ccc(OCCCCOCC4CO4)cc3)c(OC(=O)c3ccc(OCCCCCCCC)cc3F)cc2OC(=O)c2ccc(OCCCCOCC3CO3)cc2)c(F)c1. The number of carbonyl (C=O) groups excluding carboxylic acids is 4. The molecular weight excluding hydrogens is 1060 g/mol. The van der Waals surface area contributed by atoms with Crippen molar-refractivity contribution in [3.63, 3.8) is 0 Å². The van der Waals surface area contributed by atoms with Crippen LogP contribution in [0.5, 0.6) is 46.0 Å². The van der Waals surface area contributed by atoms with E-state index in [1.165, 1.54) is 48.5 Å². The van der Waals surface area contributed by atoms with Gasteiger partial charge in [0.15, 0.2) is 23.0 Å². The van der Waals surface area contributed by atoms with E-state index in [0.717, 1.165) is 140 Å². The summed E-state index contributed by atoms with van der Waals surface area (Å²) in [4.78, 5) is 55.8. The topological polar surface area (TPSA) is 186 Å². The number of ether oxygens (including phenoxy) is 12. The van der Waals surface area contributed by atoms with E-state index in [0.29, 0.717) is 64.4 Å². The van der Waals surface area contributed by atoms with E-state index in [-0.39, 0.29) is 34.8 Å². The zero-order valence-corrected chi connectivity index (χ0v) is 47.1. The molecule has 0 amide bonds. The van der Waals surface area contributed by atoms with Gasteiger partial charge in [0.2, 0.25) is 0 Å². The third-order valence-electron chi connectivity index (χ3n) is 13.2. The highest BCUT2D eigenvalue weighted by Gasteiger charge is 2.28. The first-order valence-electron chi connectivity index (χ1n) is 28.8. The van der Waals surface area contributed by atoms with Gasteiger partial charge in [0, 0.05) is 37.5 Å². The largest absolute Gasteiger partial charge is 0.494 e. The van der Waals surface area contributed by atoms with Crippen LogP contribution >= 0.6 is 0 Å². The summed E-state index contributed by atoms with van der Waals surface area (Å²) in [6.07, 6.45) is 15.8. The maximum Gasteiger partial charge on any atom is 0.346 e. The molecule has 16 nitrogen and oxygen atoms in total. The predicted octanol–water partition coefficient (Wildman–Crippen LogP) is 13.5. The molecule has 0 radical (unpaired) electrons. The highest BCUT2D eigenvalue weighted by atomic mass is 19.1. The number of rotatable bonds is 40. The van der Waals surface area contributed by atoms with Gasteiger partial charge >= 0.3 is 23.9 Å². The maximum absolute atomic E-state index is 15.8. The Bertz CT molecular complexity index is 2590. The number of hydrogen-bond acceptors (Lipinski definition) is 16. The lowest BCUT2D eigenvalue weighted by atomic mass is 10.1. The molecule has 2 heterocycles. The van der Waals surface area contributed by atoms with Crippen LogP contribution in [-0.4, -0.2) is 102 Å². The lowest BCUT2D eigenvalue weighted by molar-refractivity contribution is 0.0660. The molecule has 2 saturated heterocycles. The minimum Gasteiger partial charge on any atom is -0.494 e. The second kappa shape index (κ2) is 34.4. The van der Waals surface area contributed by atoms with Gasteiger partial charge < -0.3 is 56.8 Å². The van der Waals surface area contributed by atoms with Gasteiger partial charge in [0.05, 0.1) is 75.1 Å². The van der Waals surface area contributed by atoms with Gasteiger partial charge in [-0.15, -0.1) is 0 Å². The quantitative estimate of drug-likeness (QED) is 0.0156. The Morgan fingerprint density at radius 2 is 0.695 bits per heavy atom. The average molecular weight is 1140 g/mol. The number of benzene rings is 5. The zero-order valence-electron chi connectivity index (χ0n) is 47.1. The maximum atomic E-state index is 15.8. The fourth-order valence-corrected chi connectivity index (χ4v) is 8.24. The second-order valence-corrected chi connectivity index (χ2v) is 20.0. The fraction of sp³-hybridized carbons (Fsp3) is 0.469. The second-order valence-electron chi connectivity index (χ2n) is 20.0. The summed E-state index contributed by atoms with van der Waals surface area (Å²) in [5.74, 6) is -7.16. The van der Waals surface area contributed by atoms with Crippen LogP contribution in [0.25, 0.3) is 0 Å². The van der Waals surface area contributed by atoms with Crippen molar-refractivity contribution in [2.75, 3.05) is 66.1 Å². The first kappa shape index (κ1) is 62.5. The van der Waals surface area contributed by atoms with E-state index >= 15 is 8.78 Å². The Balaban J connectivity index is 1.11. The highest BCUT2D eigenvalue weighted by molar-refractivity contribution is 5.96. The van der Waals surface area contributed by atoms with Crippen LogP contribution in [0.3, 0.4) is 0 Å². The van der Waals surface area contributed by atoms with Crippen molar-refractivity contribution in [2.24, 2.45) is 0 Å². The van der Waals surface area contributed by atoms with Crippen molar-refractivity contribution < 1.29 is 84.8 Å². The summed E-state index contributed by atoms with van der Waals surface area (Å²) >= 11 is 0. The van der Waals surface area contributed by atoms with Crippen molar-refractivity contribution in [1.82, 2.24) is 0 Å². The number of unbranched alkanes of at least 4 members (excludes halogenated alkanes) is 12. The Morgan fingerprint density at radius 3 is 1.05 bits per heavy atom. The molecule has 7 rings (SSSR count). The first-order chi connectivity index (χ1) is 40.1. The number of epoxide rings is 2. The molecule has 442 valence electrons. The van der Waals surface area contributed by atoms with E-state index in [9.17, 15) is 19.2 Å². The molecule has 18 heteroatoms. The van der Waals surface area contributed by atoms with Crippen LogP contribution < -0.4 is 37.9 Å². The minimum absolute atomic E-state index is 0.0266. The summed E-state index contributed by atoms with van der Waals surface area (Å²) in [7, 11) is 0. The van der Waals surface area contributed by atoms with Gasteiger partial charge in [-0.2, -0.15) is 0 Å². The average Bonchev–Trinajstić information content (AvgIpc) is 4.57. The van der Waals surface area contributed by atoms with Gasteiger partial charge in [-0.3, -0.25) is 0 Å². The van der Waals surface area contributed by atoms with Gasteiger partial charge in [-0.1, -0.05) is 78.1 Å². The number of esters is 4. The van der Waals surface area contributed by atoms with Crippen LogP contribution in [0.4, 0.5) is 8.78 Å². The molecule has 5 aromatic rings. The number of halogens is 2. The van der Waals surface area contributed by atoms with Crippen molar-refractivity contribution in [3.05, 3.63) is 131 Å².